The Hall–Kier alpha value is -1.89. The third-order valence-electron chi connectivity index (χ3n) is 9.68. The zero-order valence-corrected chi connectivity index (χ0v) is 34.5. The predicted molar refractivity (Wildman–Crippen MR) is 210 cm³/mol. The van der Waals surface area contributed by atoms with E-state index in [1.165, 1.54) is 64.5 Å². The molecule has 1 heterocycles. The van der Waals surface area contributed by atoms with Crippen LogP contribution in [0.5, 0.6) is 0 Å². The van der Waals surface area contributed by atoms with Crippen molar-refractivity contribution in [3.8, 4) is 0 Å². The summed E-state index contributed by atoms with van der Waals surface area (Å²) in [5.74, 6) is 2.21. The lowest BCUT2D eigenvalue weighted by Gasteiger charge is -2.23. The van der Waals surface area contributed by atoms with Crippen LogP contribution in [0.2, 0.25) is 0 Å². The van der Waals surface area contributed by atoms with Crippen LogP contribution in [0.1, 0.15) is 183 Å². The fraction of sp³-hybridized carbons (Fsp3) is 0.884. The van der Waals surface area contributed by atoms with E-state index in [4.69, 9.17) is 9.47 Å². The molecule has 0 aromatic carbocycles. The van der Waals surface area contributed by atoms with Crippen molar-refractivity contribution in [3.63, 3.8) is 0 Å². The first-order valence-electron chi connectivity index (χ1n) is 20.7. The summed E-state index contributed by atoms with van der Waals surface area (Å²) in [5.41, 5.74) is 0.654. The summed E-state index contributed by atoms with van der Waals surface area (Å²) < 4.78 is 13.2. The average molecular weight is 704 g/mol. The molecule has 292 valence electrons. The largest absolute Gasteiger partial charge is 0.466 e. The lowest BCUT2D eigenvalue weighted by atomic mass is 9.84. The summed E-state index contributed by atoms with van der Waals surface area (Å²) in [6.07, 6.45) is 24.5. The summed E-state index contributed by atoms with van der Waals surface area (Å²) in [7, 11) is 0. The van der Waals surface area contributed by atoms with Gasteiger partial charge in [-0.3, -0.25) is 9.59 Å². The van der Waals surface area contributed by atoms with Crippen molar-refractivity contribution in [2.75, 3.05) is 32.8 Å². The number of esters is 2. The second-order valence-electron chi connectivity index (χ2n) is 17.9. The third kappa shape index (κ3) is 27.8. The summed E-state index contributed by atoms with van der Waals surface area (Å²) in [4.78, 5) is 31.3. The van der Waals surface area contributed by atoms with Crippen molar-refractivity contribution in [1.29, 1.82) is 0 Å². The maximum absolute atomic E-state index is 12.1. The molecule has 1 aromatic rings. The Labute approximate surface area is 309 Å². The number of carbonyl (C=O) groups is 2. The molecule has 7 heteroatoms. The van der Waals surface area contributed by atoms with E-state index in [0.29, 0.717) is 48.7 Å². The molecule has 50 heavy (non-hydrogen) atoms. The minimum atomic E-state index is -0.0261. The van der Waals surface area contributed by atoms with Gasteiger partial charge in [0.2, 0.25) is 0 Å². The van der Waals surface area contributed by atoms with Crippen molar-refractivity contribution in [2.24, 2.45) is 22.7 Å². The van der Waals surface area contributed by atoms with Crippen LogP contribution in [0.4, 0.5) is 0 Å². The molecule has 2 atom stereocenters. The molecule has 0 saturated heterocycles. The zero-order chi connectivity index (χ0) is 37.3. The highest BCUT2D eigenvalue weighted by molar-refractivity contribution is 5.69. The van der Waals surface area contributed by atoms with Crippen molar-refractivity contribution >= 4 is 11.9 Å². The van der Waals surface area contributed by atoms with Gasteiger partial charge in [0, 0.05) is 31.8 Å². The smallest absolute Gasteiger partial charge is 0.305 e. The van der Waals surface area contributed by atoms with E-state index in [2.05, 4.69) is 83.0 Å². The first-order valence-corrected chi connectivity index (χ1v) is 20.7. The lowest BCUT2D eigenvalue weighted by Crippen LogP contribution is -2.28. The topological polar surface area (TPSA) is 73.7 Å². The maximum Gasteiger partial charge on any atom is 0.305 e. The molecule has 2 unspecified atom stereocenters. The molecule has 0 fully saturated rings. The van der Waals surface area contributed by atoms with E-state index >= 15 is 0 Å². The van der Waals surface area contributed by atoms with Gasteiger partial charge in [-0.25, -0.2) is 4.98 Å². The van der Waals surface area contributed by atoms with Gasteiger partial charge in [0.15, 0.2) is 0 Å². The van der Waals surface area contributed by atoms with E-state index < -0.39 is 0 Å². The van der Waals surface area contributed by atoms with Gasteiger partial charge >= 0.3 is 11.9 Å². The molecular formula is C43H81N3O4. The Bertz CT molecular complexity index is 937. The fourth-order valence-electron chi connectivity index (χ4n) is 7.25. The van der Waals surface area contributed by atoms with Crippen LogP contribution in [-0.2, 0) is 25.6 Å². The van der Waals surface area contributed by atoms with Gasteiger partial charge < -0.3 is 18.9 Å². The number of hydrogen-bond donors (Lipinski definition) is 0. The second-order valence-corrected chi connectivity index (χ2v) is 17.9. The van der Waals surface area contributed by atoms with E-state index in [-0.39, 0.29) is 11.9 Å². The van der Waals surface area contributed by atoms with Crippen LogP contribution < -0.4 is 0 Å². The number of nitrogens with zero attached hydrogens (tertiary/aromatic N) is 3. The van der Waals surface area contributed by atoms with Crippen LogP contribution in [0, 0.1) is 29.6 Å². The lowest BCUT2D eigenvalue weighted by molar-refractivity contribution is -0.145. The van der Waals surface area contributed by atoms with Gasteiger partial charge in [0.1, 0.15) is 5.82 Å². The highest BCUT2D eigenvalue weighted by Crippen LogP contribution is 2.27. The minimum absolute atomic E-state index is 0.0261. The molecule has 1 aromatic heterocycles. The number of aromatic nitrogens is 2. The molecule has 0 spiro atoms. The molecule has 0 radical (unpaired) electrons. The average Bonchev–Trinajstić information content (AvgIpc) is 3.41. The number of hydrogen-bond acceptors (Lipinski definition) is 6. The Kier molecular flexibility index (Phi) is 24.7. The molecule has 0 amide bonds. The maximum atomic E-state index is 12.1. The third-order valence-corrected chi connectivity index (χ3v) is 9.68. The molecule has 0 aliphatic heterocycles. The molecule has 7 nitrogen and oxygen atoms in total. The SMILES string of the molecule is Cc1nccn1CCCN(CCCCCCCCC(=O)OCCC(C)CC(C)(C)C)CCCCCCCCC(=O)OCCC(C)CC(C)(C)C. The van der Waals surface area contributed by atoms with Crippen molar-refractivity contribution < 1.29 is 19.1 Å². The van der Waals surface area contributed by atoms with Gasteiger partial charge in [0.05, 0.1) is 13.2 Å². The number of ether oxygens (including phenoxy) is 2. The van der Waals surface area contributed by atoms with Crippen molar-refractivity contribution in [2.45, 2.75) is 191 Å². The first kappa shape index (κ1) is 46.1. The predicted octanol–water partition coefficient (Wildman–Crippen LogP) is 11.4. The Balaban J connectivity index is 2.17. The molecule has 0 aliphatic rings. The number of unbranched alkanes of at least 4 members (excludes halogenated alkanes) is 10. The summed E-state index contributed by atoms with van der Waals surface area (Å²) in [6, 6.07) is 0. The summed E-state index contributed by atoms with van der Waals surface area (Å²) >= 11 is 0. The van der Waals surface area contributed by atoms with Gasteiger partial charge in [0.25, 0.3) is 0 Å². The second kappa shape index (κ2) is 26.8. The standard InChI is InChI=1S/C43H81N3O4/c1-37(35-42(4,5)6)25-33-49-40(47)23-18-14-10-12-16-20-28-45(30-22-31-46-32-27-44-39(46)3)29-21-17-13-11-15-19-24-41(48)50-34-26-38(2)36-43(7,8)9/h27,32,37-38H,10-26,28-31,33-36H2,1-9H3. The van der Waals surface area contributed by atoms with Gasteiger partial charge in [-0.2, -0.15) is 0 Å². The number of imidazole rings is 1. The Morgan fingerprint density at radius 3 is 1.46 bits per heavy atom. The van der Waals surface area contributed by atoms with Crippen LogP contribution in [0.15, 0.2) is 12.4 Å². The molecule has 0 saturated carbocycles. The van der Waals surface area contributed by atoms with Crippen LogP contribution in [0.25, 0.3) is 0 Å². The van der Waals surface area contributed by atoms with E-state index in [1.807, 2.05) is 6.20 Å². The normalized spacial score (nSPS) is 13.5. The minimum Gasteiger partial charge on any atom is -0.466 e. The number of aryl methyl sites for hydroxylation is 2. The van der Waals surface area contributed by atoms with Gasteiger partial charge in [-0.05, 0) is 107 Å². The highest BCUT2D eigenvalue weighted by atomic mass is 16.5. The first-order chi connectivity index (χ1) is 23.6. The molecule has 0 bridgehead atoms. The quantitative estimate of drug-likeness (QED) is 0.0586. The van der Waals surface area contributed by atoms with E-state index in [0.717, 1.165) is 76.7 Å². The van der Waals surface area contributed by atoms with Crippen LogP contribution >= 0.6 is 0 Å². The molecular weight excluding hydrogens is 622 g/mol. The summed E-state index contributed by atoms with van der Waals surface area (Å²) in [6.45, 7) is 25.8. The van der Waals surface area contributed by atoms with Gasteiger partial charge in [-0.15, -0.1) is 0 Å². The van der Waals surface area contributed by atoms with Crippen LogP contribution in [-0.4, -0.2) is 59.2 Å². The summed E-state index contributed by atoms with van der Waals surface area (Å²) in [5, 5.41) is 0. The van der Waals surface area contributed by atoms with E-state index in [1.54, 1.807) is 0 Å². The Morgan fingerprint density at radius 2 is 1.06 bits per heavy atom. The fourth-order valence-corrected chi connectivity index (χ4v) is 7.25. The highest BCUT2D eigenvalue weighted by Gasteiger charge is 2.17. The van der Waals surface area contributed by atoms with Crippen molar-refractivity contribution in [3.05, 3.63) is 18.2 Å². The molecule has 0 aliphatic carbocycles. The Morgan fingerprint density at radius 1 is 0.660 bits per heavy atom. The van der Waals surface area contributed by atoms with Crippen molar-refractivity contribution in [1.82, 2.24) is 14.5 Å². The van der Waals surface area contributed by atoms with Crippen LogP contribution in [0.3, 0.4) is 0 Å². The number of rotatable bonds is 30. The molecule has 1 rings (SSSR count). The monoisotopic (exact) mass is 704 g/mol. The zero-order valence-electron chi connectivity index (χ0n) is 34.5. The molecule has 0 N–H and O–H groups in total. The van der Waals surface area contributed by atoms with E-state index in [9.17, 15) is 9.59 Å². The number of carbonyl (C=O) groups excluding carboxylic acids is 2. The van der Waals surface area contributed by atoms with Gasteiger partial charge in [-0.1, -0.05) is 107 Å².